The Hall–Kier alpha value is -4.12. The first-order valence-corrected chi connectivity index (χ1v) is 12.8. The third-order valence-corrected chi connectivity index (χ3v) is 5.81. The number of rotatable bonds is 14. The Labute approximate surface area is 229 Å². The fourth-order valence-electron chi connectivity index (χ4n) is 3.94. The number of nitrogens with two attached hydrogens (primary N) is 1. The molecule has 5 amide bonds. The number of hydrogen-bond acceptors (Lipinski definition) is 6. The van der Waals surface area contributed by atoms with Crippen molar-refractivity contribution in [3.8, 4) is 0 Å². The van der Waals surface area contributed by atoms with E-state index in [1.807, 2.05) is 50.2 Å². The number of benzene rings is 2. The summed E-state index contributed by atoms with van der Waals surface area (Å²) in [5.41, 5.74) is 6.91. The van der Waals surface area contributed by atoms with Crippen LogP contribution in [0.1, 0.15) is 31.4 Å². The van der Waals surface area contributed by atoms with Gasteiger partial charge in [0.05, 0.1) is 25.1 Å². The van der Waals surface area contributed by atoms with Gasteiger partial charge in [0, 0.05) is 13.6 Å². The van der Waals surface area contributed by atoms with Crippen molar-refractivity contribution in [2.75, 3.05) is 20.1 Å². The molecule has 2 aromatic carbocycles. The number of amides is 5. The first kappa shape index (κ1) is 31.1. The second-order valence-electron chi connectivity index (χ2n) is 9.66. The van der Waals surface area contributed by atoms with E-state index in [4.69, 9.17) is 10.5 Å². The number of urea groups is 1. The maximum absolute atomic E-state index is 13.3. The van der Waals surface area contributed by atoms with Crippen LogP contribution in [0.4, 0.5) is 9.59 Å². The summed E-state index contributed by atoms with van der Waals surface area (Å²) in [5, 5.41) is 18.9. The van der Waals surface area contributed by atoms with Crippen molar-refractivity contribution in [2.24, 2.45) is 11.7 Å². The summed E-state index contributed by atoms with van der Waals surface area (Å²) < 4.78 is 5.18. The van der Waals surface area contributed by atoms with Crippen LogP contribution in [0.2, 0.25) is 0 Å². The number of nitrogens with one attached hydrogen (secondary N) is 3. The van der Waals surface area contributed by atoms with E-state index in [0.717, 1.165) is 11.1 Å². The van der Waals surface area contributed by atoms with Crippen molar-refractivity contribution in [1.82, 2.24) is 20.9 Å². The highest BCUT2D eigenvalue weighted by Crippen LogP contribution is 2.11. The zero-order valence-corrected chi connectivity index (χ0v) is 22.6. The van der Waals surface area contributed by atoms with Crippen LogP contribution in [0, 0.1) is 5.92 Å². The normalized spacial score (nSPS) is 13.1. The summed E-state index contributed by atoms with van der Waals surface area (Å²) in [6, 6.07) is 15.6. The summed E-state index contributed by atoms with van der Waals surface area (Å²) in [6.07, 6.45) is -2.30. The number of primary amides is 1. The molecule has 0 aliphatic rings. The summed E-state index contributed by atoms with van der Waals surface area (Å²) in [7, 11) is 1.50. The molecule has 0 saturated heterocycles. The molecule has 0 aliphatic heterocycles. The lowest BCUT2D eigenvalue weighted by molar-refractivity contribution is -0.128. The monoisotopic (exact) mass is 541 g/mol. The molecular weight excluding hydrogens is 502 g/mol. The third-order valence-electron chi connectivity index (χ3n) is 5.81. The lowest BCUT2D eigenvalue weighted by Crippen LogP contribution is -2.56. The summed E-state index contributed by atoms with van der Waals surface area (Å²) in [5.74, 6) is -1.38. The first-order chi connectivity index (χ1) is 18.6. The van der Waals surface area contributed by atoms with E-state index in [1.165, 1.54) is 11.9 Å². The number of hydrogen-bond donors (Lipinski definition) is 5. The quantitative estimate of drug-likeness (QED) is 0.244. The minimum Gasteiger partial charge on any atom is -0.445 e. The Bertz CT molecular complexity index is 1070. The lowest BCUT2D eigenvalue weighted by atomic mass is 9.99. The SMILES string of the molecule is CNC(=O)N(CC(C)C)C[C@@H](O)[C@H](Cc1ccccc1)NC(=O)[C@H](CC(N)=O)NC(=O)OCc1ccccc1. The van der Waals surface area contributed by atoms with Gasteiger partial charge in [0.2, 0.25) is 11.8 Å². The highest BCUT2D eigenvalue weighted by Gasteiger charge is 2.30. The van der Waals surface area contributed by atoms with Gasteiger partial charge in [-0.3, -0.25) is 9.59 Å². The van der Waals surface area contributed by atoms with Gasteiger partial charge in [-0.1, -0.05) is 74.5 Å². The van der Waals surface area contributed by atoms with E-state index in [1.54, 1.807) is 24.3 Å². The van der Waals surface area contributed by atoms with Gasteiger partial charge in [-0.15, -0.1) is 0 Å². The predicted molar refractivity (Wildman–Crippen MR) is 146 cm³/mol. The molecule has 0 bridgehead atoms. The van der Waals surface area contributed by atoms with E-state index in [-0.39, 0.29) is 31.5 Å². The molecule has 11 heteroatoms. The third kappa shape index (κ3) is 11.4. The number of nitrogens with zero attached hydrogens (tertiary/aromatic N) is 1. The fraction of sp³-hybridized carbons (Fsp3) is 0.429. The number of aliphatic hydroxyl groups is 1. The molecule has 39 heavy (non-hydrogen) atoms. The summed E-state index contributed by atoms with van der Waals surface area (Å²) in [4.78, 5) is 51.2. The molecule has 0 radical (unpaired) electrons. The van der Waals surface area contributed by atoms with Crippen LogP contribution in [0.3, 0.4) is 0 Å². The fourth-order valence-corrected chi connectivity index (χ4v) is 3.94. The van der Waals surface area contributed by atoms with Crippen LogP contribution in [0.15, 0.2) is 60.7 Å². The van der Waals surface area contributed by atoms with E-state index in [2.05, 4.69) is 16.0 Å². The molecular formula is C28H39N5O6. The molecule has 2 aromatic rings. The molecule has 11 nitrogen and oxygen atoms in total. The number of carbonyl (C=O) groups excluding carboxylic acids is 4. The molecule has 0 heterocycles. The molecule has 0 unspecified atom stereocenters. The van der Waals surface area contributed by atoms with Crippen molar-refractivity contribution in [2.45, 2.75) is 51.5 Å². The maximum atomic E-state index is 13.3. The number of carbonyl (C=O) groups is 4. The van der Waals surface area contributed by atoms with Crippen molar-refractivity contribution >= 4 is 23.9 Å². The molecule has 0 fully saturated rings. The second-order valence-corrected chi connectivity index (χ2v) is 9.66. The highest BCUT2D eigenvalue weighted by atomic mass is 16.5. The van der Waals surface area contributed by atoms with Gasteiger partial charge < -0.3 is 36.4 Å². The Morgan fingerprint density at radius 2 is 1.51 bits per heavy atom. The molecule has 2 rings (SSSR count). The Morgan fingerprint density at radius 3 is 2.05 bits per heavy atom. The smallest absolute Gasteiger partial charge is 0.408 e. The van der Waals surface area contributed by atoms with Gasteiger partial charge in [0.1, 0.15) is 12.6 Å². The number of ether oxygens (including phenoxy) is 1. The van der Waals surface area contributed by atoms with Gasteiger partial charge in [0.25, 0.3) is 0 Å². The molecule has 212 valence electrons. The Balaban J connectivity index is 2.17. The average Bonchev–Trinajstić information content (AvgIpc) is 2.90. The Morgan fingerprint density at radius 1 is 0.923 bits per heavy atom. The van der Waals surface area contributed by atoms with Crippen LogP contribution in [0.5, 0.6) is 0 Å². The Kier molecular flexibility index (Phi) is 12.7. The number of alkyl carbamates (subject to hydrolysis) is 1. The summed E-state index contributed by atoms with van der Waals surface area (Å²) >= 11 is 0. The van der Waals surface area contributed by atoms with Gasteiger partial charge in [0.15, 0.2) is 0 Å². The van der Waals surface area contributed by atoms with Crippen molar-refractivity contribution < 1.29 is 29.0 Å². The van der Waals surface area contributed by atoms with E-state index in [0.29, 0.717) is 6.54 Å². The highest BCUT2D eigenvalue weighted by molar-refractivity contribution is 5.90. The second kappa shape index (κ2) is 16.0. The molecule has 3 atom stereocenters. The minimum atomic E-state index is -1.33. The molecule has 0 spiro atoms. The standard InChI is InChI=1S/C28H39N5O6/c1-19(2)16-33(27(37)30-3)17-24(34)22(14-20-10-6-4-7-11-20)31-26(36)23(15-25(29)35)32-28(38)39-18-21-12-8-5-9-13-21/h4-13,19,22-24,34H,14-18H2,1-3H3,(H2,29,35)(H,30,37)(H,31,36)(H,32,38)/t22-,23-,24+/m0/s1. The van der Waals surface area contributed by atoms with E-state index in [9.17, 15) is 24.3 Å². The maximum Gasteiger partial charge on any atom is 0.408 e. The van der Waals surface area contributed by atoms with Crippen LogP contribution in [0.25, 0.3) is 0 Å². The molecule has 0 saturated carbocycles. The van der Waals surface area contributed by atoms with Gasteiger partial charge in [-0.2, -0.15) is 0 Å². The zero-order valence-electron chi connectivity index (χ0n) is 22.6. The molecule has 0 aromatic heterocycles. The van der Waals surface area contributed by atoms with Crippen molar-refractivity contribution in [1.29, 1.82) is 0 Å². The van der Waals surface area contributed by atoms with Crippen molar-refractivity contribution in [3.63, 3.8) is 0 Å². The number of aliphatic hydroxyl groups excluding tert-OH is 1. The summed E-state index contributed by atoms with van der Waals surface area (Å²) in [6.45, 7) is 4.20. The first-order valence-electron chi connectivity index (χ1n) is 12.8. The van der Waals surface area contributed by atoms with E-state index >= 15 is 0 Å². The van der Waals surface area contributed by atoms with Crippen molar-refractivity contribution in [3.05, 3.63) is 71.8 Å². The minimum absolute atomic E-state index is 0.0297. The van der Waals surface area contributed by atoms with Gasteiger partial charge >= 0.3 is 12.1 Å². The lowest BCUT2D eigenvalue weighted by Gasteiger charge is -2.31. The van der Waals surface area contributed by atoms with Crippen LogP contribution in [-0.2, 0) is 27.4 Å². The van der Waals surface area contributed by atoms with Crippen LogP contribution < -0.4 is 21.7 Å². The van der Waals surface area contributed by atoms with Gasteiger partial charge in [-0.05, 0) is 23.5 Å². The van der Waals surface area contributed by atoms with Gasteiger partial charge in [-0.25, -0.2) is 9.59 Å². The van der Waals surface area contributed by atoms with E-state index < -0.39 is 42.5 Å². The zero-order chi connectivity index (χ0) is 28.8. The average molecular weight is 542 g/mol. The molecule has 6 N–H and O–H groups in total. The largest absolute Gasteiger partial charge is 0.445 e. The van der Waals surface area contributed by atoms with Crippen LogP contribution >= 0.6 is 0 Å². The predicted octanol–water partition coefficient (Wildman–Crippen LogP) is 1.54. The topological polar surface area (TPSA) is 163 Å². The van der Waals surface area contributed by atoms with Crippen LogP contribution in [-0.4, -0.2) is 72.3 Å². The molecule has 0 aliphatic carbocycles.